The van der Waals surface area contributed by atoms with E-state index in [-0.39, 0.29) is 37.2 Å². The molecule has 1 fully saturated rings. The average Bonchev–Trinajstić information content (AvgIpc) is 3.92. The topological polar surface area (TPSA) is 221 Å². The molecule has 1 aliphatic heterocycles. The lowest BCUT2D eigenvalue weighted by atomic mass is 9.85. The van der Waals surface area contributed by atoms with Crippen molar-refractivity contribution in [2.24, 2.45) is 10.6 Å². The van der Waals surface area contributed by atoms with Crippen molar-refractivity contribution in [2.45, 2.75) is 136 Å². The van der Waals surface area contributed by atoms with E-state index in [2.05, 4.69) is 25.8 Å². The van der Waals surface area contributed by atoms with Crippen molar-refractivity contribution in [3.8, 4) is 10.4 Å². The van der Waals surface area contributed by atoms with E-state index in [1.807, 2.05) is 96.3 Å². The van der Waals surface area contributed by atoms with Gasteiger partial charge in [0.05, 0.1) is 38.8 Å². The number of aromatic nitrogens is 1. The fourth-order valence-electron chi connectivity index (χ4n) is 8.21. The van der Waals surface area contributed by atoms with Crippen molar-refractivity contribution in [2.75, 3.05) is 37.8 Å². The number of carbonyl (C=O) groups excluding carboxylic acids is 3. The first-order valence-corrected chi connectivity index (χ1v) is 28.4. The van der Waals surface area contributed by atoms with Gasteiger partial charge in [-0.25, -0.2) is 27.0 Å². The van der Waals surface area contributed by atoms with E-state index < -0.39 is 76.4 Å². The van der Waals surface area contributed by atoms with Crippen LogP contribution in [0.1, 0.15) is 96.4 Å². The Labute approximate surface area is 423 Å². The van der Waals surface area contributed by atoms with E-state index in [4.69, 9.17) is 5.14 Å². The number of nitrogens with one attached hydrogen (secondary N) is 3. The Balaban J connectivity index is 1.08. The third-order valence-corrected chi connectivity index (χ3v) is 16.9. The number of nitrogens with two attached hydrogens (primary N) is 1. The van der Waals surface area contributed by atoms with Crippen LogP contribution in [0.5, 0.6) is 0 Å². The van der Waals surface area contributed by atoms with Crippen molar-refractivity contribution < 1.29 is 49.5 Å². The first kappa shape index (κ1) is 57.3. The summed E-state index contributed by atoms with van der Waals surface area (Å²) in [6, 6.07) is 16.8. The number of rotatable bonds is 24. The van der Waals surface area contributed by atoms with Crippen molar-refractivity contribution in [3.63, 3.8) is 0 Å². The summed E-state index contributed by atoms with van der Waals surface area (Å²) in [4.78, 5) is 48.8. The molecule has 0 spiro atoms. The first-order valence-electron chi connectivity index (χ1n) is 23.5. The molecule has 4 aromatic rings. The summed E-state index contributed by atoms with van der Waals surface area (Å²) in [7, 11) is -8.57. The molecule has 5 rings (SSSR count). The number of thiazole rings is 1. The number of hydrogen-bond acceptors (Lipinski definition) is 13. The Kier molecular flexibility index (Phi) is 20.1. The zero-order valence-electron chi connectivity index (χ0n) is 40.9. The highest BCUT2D eigenvalue weighted by Crippen LogP contribution is 2.37. The zero-order chi connectivity index (χ0) is 52.3. The van der Waals surface area contributed by atoms with Crippen molar-refractivity contribution >= 4 is 66.4 Å². The van der Waals surface area contributed by atoms with E-state index in [9.17, 15) is 49.5 Å². The summed E-state index contributed by atoms with van der Waals surface area (Å²) >= 11 is 2.99. The second-order valence-electron chi connectivity index (χ2n) is 19.1. The van der Waals surface area contributed by atoms with Gasteiger partial charge < -0.3 is 30.9 Å². The number of nitrogens with zero attached hydrogens (tertiary/aromatic N) is 3. The minimum absolute atomic E-state index is 0.0326. The van der Waals surface area contributed by atoms with Gasteiger partial charge in [0, 0.05) is 36.1 Å². The van der Waals surface area contributed by atoms with Gasteiger partial charge in [-0.2, -0.15) is 13.2 Å². The molecule has 2 heterocycles. The molecule has 3 amide bonds. The maximum atomic E-state index is 14.1. The van der Waals surface area contributed by atoms with Gasteiger partial charge in [0.15, 0.2) is 0 Å². The molecule has 3 aromatic carbocycles. The number of β-amino-alcohol motifs (C(OH)–C–C–N with tert-alkyl or cyclic N) is 1. The molecular formula is C49H66F3N7O8S4. The SMILES string of the molecule is Cc1ncsc1-c1ccc([C@H](C)NC(=O)[C@@H]2C[C@@H](O)CN2C(=O)[C@@H](NC(=O)CCCCCCCN(C)CC[C@H](CSc2ccccc2)Nc2ccc(S(N)(=O)=O)cc2S(=O)(=O)C(F)(F)F)C(C)(C)C)cc1. The highest BCUT2D eigenvalue weighted by Gasteiger charge is 2.49. The fourth-order valence-corrected chi connectivity index (χ4v) is 11.6. The van der Waals surface area contributed by atoms with Crippen LogP contribution in [-0.4, -0.2) is 117 Å². The highest BCUT2D eigenvalue weighted by atomic mass is 32.2. The highest BCUT2D eigenvalue weighted by molar-refractivity contribution is 7.99. The van der Waals surface area contributed by atoms with Crippen molar-refractivity contribution in [1.82, 2.24) is 25.4 Å². The van der Waals surface area contributed by atoms with Crippen LogP contribution in [0.4, 0.5) is 18.9 Å². The maximum absolute atomic E-state index is 14.1. The number of thioether (sulfide) groups is 1. The van der Waals surface area contributed by atoms with Crippen LogP contribution in [0.25, 0.3) is 10.4 Å². The lowest BCUT2D eigenvalue weighted by molar-refractivity contribution is -0.144. The number of sulfonamides is 1. The zero-order valence-corrected chi connectivity index (χ0v) is 44.1. The Bertz CT molecular complexity index is 2650. The number of anilines is 1. The average molecular weight is 1070 g/mol. The minimum atomic E-state index is -5.96. The van der Waals surface area contributed by atoms with Gasteiger partial charge >= 0.3 is 5.51 Å². The molecule has 0 saturated carbocycles. The van der Waals surface area contributed by atoms with Crippen molar-refractivity contribution in [3.05, 3.63) is 89.6 Å². The third-order valence-electron chi connectivity index (χ3n) is 12.3. The van der Waals surface area contributed by atoms with Gasteiger partial charge in [0.1, 0.15) is 17.0 Å². The summed E-state index contributed by atoms with van der Waals surface area (Å²) in [5, 5.41) is 24.7. The Hall–Kier alpha value is -4.58. The molecule has 6 N–H and O–H groups in total. The summed E-state index contributed by atoms with van der Waals surface area (Å²) in [5.74, 6) is -0.759. The van der Waals surface area contributed by atoms with Crippen LogP contribution in [-0.2, 0) is 34.2 Å². The number of likely N-dealkylation sites (tertiary alicyclic amines) is 1. The molecule has 1 aliphatic rings. The number of aliphatic hydroxyl groups is 1. The second kappa shape index (κ2) is 24.9. The lowest BCUT2D eigenvalue weighted by Crippen LogP contribution is -2.57. The van der Waals surface area contributed by atoms with Crippen LogP contribution >= 0.6 is 23.1 Å². The summed E-state index contributed by atoms with van der Waals surface area (Å²) < 4.78 is 90.6. The molecule has 0 bridgehead atoms. The molecule has 5 atom stereocenters. The number of alkyl halides is 3. The first-order chi connectivity index (χ1) is 33.3. The smallest absolute Gasteiger partial charge is 0.391 e. The number of unbranched alkanes of at least 4 members (excludes halogenated alkanes) is 4. The number of aryl methyl sites for hydroxylation is 1. The number of carbonyl (C=O) groups is 3. The molecule has 0 unspecified atom stereocenters. The van der Waals surface area contributed by atoms with E-state index in [1.165, 1.54) is 16.7 Å². The summed E-state index contributed by atoms with van der Waals surface area (Å²) in [6.07, 6.45) is 3.62. The number of benzene rings is 3. The van der Waals surface area contributed by atoms with Crippen molar-refractivity contribution in [1.29, 1.82) is 0 Å². The Morgan fingerprint density at radius 2 is 1.61 bits per heavy atom. The predicted molar refractivity (Wildman–Crippen MR) is 272 cm³/mol. The maximum Gasteiger partial charge on any atom is 0.501 e. The van der Waals surface area contributed by atoms with Crippen LogP contribution in [0.3, 0.4) is 0 Å². The molecule has 15 nitrogen and oxygen atoms in total. The third kappa shape index (κ3) is 16.2. The van der Waals surface area contributed by atoms with E-state index in [0.717, 1.165) is 64.4 Å². The largest absolute Gasteiger partial charge is 0.501 e. The van der Waals surface area contributed by atoms with Crippen LogP contribution in [0.15, 0.2) is 93.0 Å². The number of amides is 3. The van der Waals surface area contributed by atoms with E-state index >= 15 is 0 Å². The van der Waals surface area contributed by atoms with Gasteiger partial charge in [-0.05, 0) is 100 Å². The number of primary sulfonamides is 1. The van der Waals surface area contributed by atoms with Gasteiger partial charge in [0.2, 0.25) is 27.7 Å². The van der Waals surface area contributed by atoms with Gasteiger partial charge in [-0.15, -0.1) is 23.1 Å². The fraction of sp³-hybridized carbons (Fsp3) is 0.510. The van der Waals surface area contributed by atoms with Crippen LogP contribution in [0.2, 0.25) is 0 Å². The molecule has 0 aliphatic carbocycles. The molecular weight excluding hydrogens is 1000 g/mol. The standard InChI is InChI=1S/C49H66F3N7O8S4/c1-32(34-18-20-35(21-19-34)44-33(2)54-31-69-44)55-46(62)41-27-37(60)29-59(41)47(63)45(48(3,4)5)57-43(61)17-13-8-7-9-14-25-58(6)26-24-36(30-68-38-15-11-10-12-16-38)56-40-23-22-39(71(53,66)67)28-42(40)70(64,65)49(50,51)52/h10-12,15-16,18-23,28,31-32,36-37,41,45,56,60H,7-9,13-14,17,24-27,29-30H2,1-6H3,(H,55,62)(H,57,61)(H2,53,66,67)/t32-,36+,37+,41-,45+/m0/s1. The van der Waals surface area contributed by atoms with Gasteiger partial charge in [-0.3, -0.25) is 14.4 Å². The number of aliphatic hydroxyl groups excluding tert-OH is 1. The van der Waals surface area contributed by atoms with Gasteiger partial charge in [-0.1, -0.05) is 82.5 Å². The normalized spacial score (nSPS) is 16.9. The molecule has 390 valence electrons. The number of sulfone groups is 1. The number of hydrogen-bond donors (Lipinski definition) is 5. The quantitative estimate of drug-likeness (QED) is 0.0337. The van der Waals surface area contributed by atoms with E-state index in [1.54, 1.807) is 16.8 Å². The Morgan fingerprint density at radius 1 is 0.944 bits per heavy atom. The Morgan fingerprint density at radius 3 is 2.23 bits per heavy atom. The molecule has 1 aromatic heterocycles. The predicted octanol–water partition coefficient (Wildman–Crippen LogP) is 7.66. The number of halogens is 3. The molecule has 0 radical (unpaired) electrons. The van der Waals surface area contributed by atoms with Crippen LogP contribution < -0.4 is 21.1 Å². The summed E-state index contributed by atoms with van der Waals surface area (Å²) in [6.45, 7) is 10.5. The molecule has 71 heavy (non-hydrogen) atoms. The van der Waals surface area contributed by atoms with E-state index in [0.29, 0.717) is 37.8 Å². The molecule has 1 saturated heterocycles. The lowest BCUT2D eigenvalue weighted by Gasteiger charge is -2.35. The second-order valence-corrected chi connectivity index (χ2v) is 24.5. The monoisotopic (exact) mass is 1070 g/mol. The van der Waals surface area contributed by atoms with Crippen LogP contribution in [0, 0.1) is 12.3 Å². The molecule has 22 heteroatoms. The summed E-state index contributed by atoms with van der Waals surface area (Å²) in [5.41, 5.74) is -2.13. The minimum Gasteiger partial charge on any atom is -0.391 e. The van der Waals surface area contributed by atoms with Gasteiger partial charge in [0.25, 0.3) is 9.84 Å².